The first-order chi connectivity index (χ1) is 7.98. The maximum absolute atomic E-state index is 12.6. The molecular weight excluding hydrogens is 212 g/mol. The fourth-order valence-corrected chi connectivity index (χ4v) is 3.49. The number of carbonyl (C=O) groups is 1. The fraction of sp³-hybridized carbons (Fsp3) is 0.929. The molecule has 2 aliphatic rings. The molecule has 1 amide bonds. The van der Waals surface area contributed by atoms with Gasteiger partial charge in [0.2, 0.25) is 5.91 Å². The van der Waals surface area contributed by atoms with Crippen LogP contribution in [0.25, 0.3) is 0 Å². The molecule has 0 bridgehead atoms. The maximum Gasteiger partial charge on any atom is 0.230 e. The predicted octanol–water partition coefficient (Wildman–Crippen LogP) is 1.87. The summed E-state index contributed by atoms with van der Waals surface area (Å²) in [6, 6.07) is 0. The Kier molecular flexibility index (Phi) is 3.48. The lowest BCUT2D eigenvalue weighted by Crippen LogP contribution is -2.56. The second-order valence-corrected chi connectivity index (χ2v) is 6.49. The average Bonchev–Trinajstić information content (AvgIpc) is 2.27. The van der Waals surface area contributed by atoms with Crippen molar-refractivity contribution in [2.75, 3.05) is 19.6 Å². The van der Waals surface area contributed by atoms with Crippen LogP contribution in [0.4, 0.5) is 0 Å². The van der Waals surface area contributed by atoms with Gasteiger partial charge in [-0.15, -0.1) is 0 Å². The zero-order chi connectivity index (χ0) is 12.6. The molecule has 2 fully saturated rings. The number of amides is 1. The van der Waals surface area contributed by atoms with Crippen molar-refractivity contribution in [2.45, 2.75) is 40.0 Å². The lowest BCUT2D eigenvalue weighted by atomic mass is 9.61. The van der Waals surface area contributed by atoms with Gasteiger partial charge in [0.15, 0.2) is 0 Å². The highest BCUT2D eigenvalue weighted by molar-refractivity contribution is 5.84. The number of nitrogens with zero attached hydrogens (tertiary/aromatic N) is 1. The van der Waals surface area contributed by atoms with Crippen LogP contribution < -0.4 is 5.73 Å². The molecule has 3 nitrogen and oxygen atoms in total. The van der Waals surface area contributed by atoms with E-state index in [1.54, 1.807) is 0 Å². The SMILES string of the molecule is CC1CC(CN)(C(=O)N2CCC(C)C(C)C2)C1. The second-order valence-electron chi connectivity index (χ2n) is 6.49. The molecule has 0 spiro atoms. The second kappa shape index (κ2) is 4.60. The summed E-state index contributed by atoms with van der Waals surface area (Å²) < 4.78 is 0. The van der Waals surface area contributed by atoms with Gasteiger partial charge in [-0.05, 0) is 37.0 Å². The summed E-state index contributed by atoms with van der Waals surface area (Å²) >= 11 is 0. The summed E-state index contributed by atoms with van der Waals surface area (Å²) in [4.78, 5) is 14.6. The van der Waals surface area contributed by atoms with Gasteiger partial charge in [0.1, 0.15) is 0 Å². The van der Waals surface area contributed by atoms with Crippen molar-refractivity contribution in [1.82, 2.24) is 4.90 Å². The molecule has 1 heterocycles. The highest BCUT2D eigenvalue weighted by atomic mass is 16.2. The Bertz CT molecular complexity index is 297. The van der Waals surface area contributed by atoms with E-state index < -0.39 is 0 Å². The lowest BCUT2D eigenvalue weighted by Gasteiger charge is -2.48. The number of nitrogens with two attached hydrogens (primary N) is 1. The minimum Gasteiger partial charge on any atom is -0.342 e. The first-order valence-electron chi connectivity index (χ1n) is 6.98. The van der Waals surface area contributed by atoms with E-state index in [-0.39, 0.29) is 5.41 Å². The van der Waals surface area contributed by atoms with Crippen molar-refractivity contribution in [1.29, 1.82) is 0 Å². The molecule has 0 radical (unpaired) electrons. The van der Waals surface area contributed by atoms with E-state index in [1.165, 1.54) is 0 Å². The van der Waals surface area contributed by atoms with Gasteiger partial charge < -0.3 is 10.6 Å². The molecule has 0 aromatic carbocycles. The average molecular weight is 238 g/mol. The summed E-state index contributed by atoms with van der Waals surface area (Å²) in [5.41, 5.74) is 5.64. The third-order valence-electron chi connectivity index (χ3n) is 4.94. The first-order valence-corrected chi connectivity index (χ1v) is 6.98. The van der Waals surface area contributed by atoms with Crippen LogP contribution in [0, 0.1) is 23.2 Å². The van der Waals surface area contributed by atoms with Crippen molar-refractivity contribution in [3.8, 4) is 0 Å². The van der Waals surface area contributed by atoms with Crippen molar-refractivity contribution in [3.05, 3.63) is 0 Å². The molecule has 2 N–H and O–H groups in total. The molecule has 1 saturated heterocycles. The Morgan fingerprint density at radius 1 is 1.29 bits per heavy atom. The Hall–Kier alpha value is -0.570. The highest BCUT2D eigenvalue weighted by Gasteiger charge is 2.49. The third-order valence-corrected chi connectivity index (χ3v) is 4.94. The summed E-state index contributed by atoms with van der Waals surface area (Å²) in [5.74, 6) is 2.37. The van der Waals surface area contributed by atoms with Crippen LogP contribution in [-0.2, 0) is 4.79 Å². The van der Waals surface area contributed by atoms with Crippen LogP contribution in [0.5, 0.6) is 0 Å². The topological polar surface area (TPSA) is 46.3 Å². The van der Waals surface area contributed by atoms with Gasteiger partial charge >= 0.3 is 0 Å². The van der Waals surface area contributed by atoms with E-state index in [0.717, 1.165) is 38.3 Å². The standard InChI is InChI=1S/C14H26N2O/c1-10-6-14(7-10,9-15)13(17)16-5-4-11(2)12(3)8-16/h10-12H,4-9,15H2,1-3H3. The smallest absolute Gasteiger partial charge is 0.230 e. The molecule has 98 valence electrons. The molecule has 3 heteroatoms. The number of hydrogen-bond donors (Lipinski definition) is 1. The van der Waals surface area contributed by atoms with Crippen molar-refractivity contribution >= 4 is 5.91 Å². The van der Waals surface area contributed by atoms with Crippen LogP contribution in [0.2, 0.25) is 0 Å². The van der Waals surface area contributed by atoms with Crippen molar-refractivity contribution < 1.29 is 4.79 Å². The van der Waals surface area contributed by atoms with Crippen LogP contribution in [0.3, 0.4) is 0 Å². The molecule has 1 aliphatic heterocycles. The zero-order valence-corrected chi connectivity index (χ0v) is 11.4. The summed E-state index contributed by atoms with van der Waals surface area (Å²) in [5, 5.41) is 0. The quantitative estimate of drug-likeness (QED) is 0.798. The van der Waals surface area contributed by atoms with E-state index in [9.17, 15) is 4.79 Å². The van der Waals surface area contributed by atoms with Crippen LogP contribution >= 0.6 is 0 Å². The molecule has 2 unspecified atom stereocenters. The van der Waals surface area contributed by atoms with Crippen LogP contribution in [0.15, 0.2) is 0 Å². The van der Waals surface area contributed by atoms with E-state index >= 15 is 0 Å². The van der Waals surface area contributed by atoms with Crippen molar-refractivity contribution in [3.63, 3.8) is 0 Å². The summed E-state index contributed by atoms with van der Waals surface area (Å²) in [6.45, 7) is 9.13. The lowest BCUT2D eigenvalue weighted by molar-refractivity contribution is -0.152. The molecule has 17 heavy (non-hydrogen) atoms. The van der Waals surface area contributed by atoms with E-state index in [4.69, 9.17) is 5.73 Å². The maximum atomic E-state index is 12.6. The number of rotatable bonds is 2. The molecule has 0 aromatic rings. The Morgan fingerprint density at radius 3 is 2.41 bits per heavy atom. The number of likely N-dealkylation sites (tertiary alicyclic amines) is 1. The molecule has 1 aliphatic carbocycles. The summed E-state index contributed by atoms with van der Waals surface area (Å²) in [6.07, 6.45) is 3.12. The molecular formula is C14H26N2O. The van der Waals surface area contributed by atoms with Gasteiger partial charge in [-0.2, -0.15) is 0 Å². The molecule has 2 atom stereocenters. The normalized spacial score (nSPS) is 42.1. The third kappa shape index (κ3) is 2.22. The number of hydrogen-bond acceptors (Lipinski definition) is 2. The van der Waals surface area contributed by atoms with Crippen molar-refractivity contribution in [2.24, 2.45) is 28.9 Å². The van der Waals surface area contributed by atoms with E-state index in [2.05, 4.69) is 25.7 Å². The molecule has 0 aromatic heterocycles. The Morgan fingerprint density at radius 2 is 1.94 bits per heavy atom. The fourth-order valence-electron chi connectivity index (χ4n) is 3.49. The van der Waals surface area contributed by atoms with Gasteiger partial charge in [0.05, 0.1) is 5.41 Å². The molecule has 1 saturated carbocycles. The van der Waals surface area contributed by atoms with Gasteiger partial charge in [-0.1, -0.05) is 20.8 Å². The van der Waals surface area contributed by atoms with Gasteiger partial charge in [-0.25, -0.2) is 0 Å². The first kappa shape index (κ1) is 12.9. The van der Waals surface area contributed by atoms with E-state index in [0.29, 0.717) is 24.3 Å². The van der Waals surface area contributed by atoms with Gasteiger partial charge in [0, 0.05) is 19.6 Å². The predicted molar refractivity (Wildman–Crippen MR) is 69.4 cm³/mol. The largest absolute Gasteiger partial charge is 0.342 e. The monoisotopic (exact) mass is 238 g/mol. The number of piperidine rings is 1. The minimum atomic E-state index is -0.209. The Balaban J connectivity index is 2.00. The minimum absolute atomic E-state index is 0.209. The molecule has 2 rings (SSSR count). The summed E-state index contributed by atoms with van der Waals surface area (Å²) in [7, 11) is 0. The zero-order valence-electron chi connectivity index (χ0n) is 11.4. The highest BCUT2D eigenvalue weighted by Crippen LogP contribution is 2.46. The van der Waals surface area contributed by atoms with Crippen LogP contribution in [0.1, 0.15) is 40.0 Å². The Labute approximate surface area is 105 Å². The van der Waals surface area contributed by atoms with Gasteiger partial charge in [0.25, 0.3) is 0 Å². The number of carbonyl (C=O) groups excluding carboxylic acids is 1. The van der Waals surface area contributed by atoms with E-state index in [1.807, 2.05) is 0 Å². The van der Waals surface area contributed by atoms with Crippen LogP contribution in [-0.4, -0.2) is 30.4 Å². The van der Waals surface area contributed by atoms with Gasteiger partial charge in [-0.3, -0.25) is 4.79 Å².